The van der Waals surface area contributed by atoms with Crippen molar-refractivity contribution in [3.05, 3.63) is 64.1 Å². The predicted octanol–water partition coefficient (Wildman–Crippen LogP) is 3.18. The van der Waals surface area contributed by atoms with E-state index in [-0.39, 0.29) is 16.3 Å². The molecular formula is C16H12ClF3N2O4. The second kappa shape index (κ2) is 7.61. The van der Waals surface area contributed by atoms with Gasteiger partial charge in [0.05, 0.1) is 21.8 Å². The van der Waals surface area contributed by atoms with Crippen molar-refractivity contribution in [1.29, 1.82) is 0 Å². The first-order chi connectivity index (χ1) is 12.1. The molecule has 0 bridgehead atoms. The lowest BCUT2D eigenvalue weighted by Gasteiger charge is -2.15. The smallest absolute Gasteiger partial charge is 0.416 e. The van der Waals surface area contributed by atoms with Crippen LogP contribution in [0.1, 0.15) is 22.8 Å². The highest BCUT2D eigenvalue weighted by Gasteiger charge is 2.31. The van der Waals surface area contributed by atoms with Crippen LogP contribution in [0, 0.1) is 5.21 Å². The standard InChI is InChI=1S/C16H12ClF3N2O4/c1-9(26-15(24)10-4-6-22(25)7-5-10)14(23)21-13-8-11(16(18,19)20)2-3-12(13)17/h2-9H,1H3,(H,21,23)/t9-/m1/s1. The summed E-state index contributed by atoms with van der Waals surface area (Å²) in [6.45, 7) is 1.24. The van der Waals surface area contributed by atoms with Crippen molar-refractivity contribution in [3.63, 3.8) is 0 Å². The Morgan fingerprint density at radius 1 is 1.23 bits per heavy atom. The van der Waals surface area contributed by atoms with Gasteiger partial charge >= 0.3 is 12.1 Å². The number of halogens is 4. The van der Waals surface area contributed by atoms with Gasteiger partial charge < -0.3 is 15.3 Å². The number of carbonyl (C=O) groups excluding carboxylic acids is 2. The number of aromatic nitrogens is 1. The maximum atomic E-state index is 12.7. The Bertz CT molecular complexity index is 825. The minimum absolute atomic E-state index is 0.0360. The molecule has 10 heteroatoms. The Labute approximate surface area is 150 Å². The molecule has 2 aromatic rings. The predicted molar refractivity (Wildman–Crippen MR) is 85.4 cm³/mol. The van der Waals surface area contributed by atoms with Crippen LogP contribution in [0.4, 0.5) is 18.9 Å². The first-order valence-corrected chi connectivity index (χ1v) is 7.53. The molecule has 1 atom stereocenters. The van der Waals surface area contributed by atoms with E-state index in [1.165, 1.54) is 19.1 Å². The number of alkyl halides is 3. The van der Waals surface area contributed by atoms with E-state index in [1.807, 2.05) is 0 Å². The highest BCUT2D eigenvalue weighted by atomic mass is 35.5. The molecule has 0 unspecified atom stereocenters. The summed E-state index contributed by atoms with van der Waals surface area (Å²) in [6.07, 6.45) is -3.77. The zero-order valence-electron chi connectivity index (χ0n) is 13.2. The Balaban J connectivity index is 2.07. The van der Waals surface area contributed by atoms with E-state index >= 15 is 0 Å². The molecule has 0 fully saturated rings. The topological polar surface area (TPSA) is 82.3 Å². The van der Waals surface area contributed by atoms with Crippen LogP contribution in [0.25, 0.3) is 0 Å². The van der Waals surface area contributed by atoms with Crippen LogP contribution in [-0.4, -0.2) is 18.0 Å². The molecule has 0 aliphatic rings. The van der Waals surface area contributed by atoms with Crippen molar-refractivity contribution >= 4 is 29.2 Å². The molecule has 26 heavy (non-hydrogen) atoms. The molecule has 0 radical (unpaired) electrons. The summed E-state index contributed by atoms with van der Waals surface area (Å²) in [7, 11) is 0. The van der Waals surface area contributed by atoms with Gasteiger partial charge in [0.2, 0.25) is 0 Å². The fourth-order valence-electron chi connectivity index (χ4n) is 1.86. The number of hydrogen-bond donors (Lipinski definition) is 1. The minimum atomic E-state index is -4.60. The molecule has 1 N–H and O–H groups in total. The molecule has 6 nitrogen and oxygen atoms in total. The number of ether oxygens (including phenoxy) is 1. The maximum Gasteiger partial charge on any atom is 0.416 e. The Hall–Kier alpha value is -2.81. The molecule has 0 aliphatic carbocycles. The van der Waals surface area contributed by atoms with Gasteiger partial charge in [-0.25, -0.2) is 4.79 Å². The van der Waals surface area contributed by atoms with Gasteiger partial charge in [-0.2, -0.15) is 17.9 Å². The summed E-state index contributed by atoms with van der Waals surface area (Å²) in [6, 6.07) is 4.85. The van der Waals surface area contributed by atoms with E-state index in [1.54, 1.807) is 0 Å². The quantitative estimate of drug-likeness (QED) is 0.495. The molecule has 2 rings (SSSR count). The number of carbonyl (C=O) groups is 2. The van der Waals surface area contributed by atoms with E-state index in [4.69, 9.17) is 16.3 Å². The Kier molecular flexibility index (Phi) is 5.71. The summed E-state index contributed by atoms with van der Waals surface area (Å²) in [5.41, 5.74) is -1.22. The van der Waals surface area contributed by atoms with E-state index in [9.17, 15) is 28.0 Å². The van der Waals surface area contributed by atoms with Gasteiger partial charge in [0, 0.05) is 12.1 Å². The number of nitrogens with zero attached hydrogens (tertiary/aromatic N) is 1. The molecule has 1 aromatic heterocycles. The number of nitrogens with one attached hydrogen (secondary N) is 1. The largest absolute Gasteiger partial charge is 0.619 e. The molecule has 0 saturated carbocycles. The second-order valence-electron chi connectivity index (χ2n) is 5.18. The van der Waals surface area contributed by atoms with Crippen LogP contribution in [0.3, 0.4) is 0 Å². The molecule has 0 aliphatic heterocycles. The lowest BCUT2D eigenvalue weighted by Crippen LogP contribution is -2.30. The van der Waals surface area contributed by atoms with Gasteiger partial charge in [-0.1, -0.05) is 11.6 Å². The van der Waals surface area contributed by atoms with Crippen molar-refractivity contribution in [2.24, 2.45) is 0 Å². The third-order valence-corrected chi connectivity index (χ3v) is 3.57. The minimum Gasteiger partial charge on any atom is -0.619 e. The molecule has 138 valence electrons. The van der Waals surface area contributed by atoms with Crippen LogP contribution in [-0.2, 0) is 15.7 Å². The zero-order valence-corrected chi connectivity index (χ0v) is 14.0. The average Bonchev–Trinajstić information content (AvgIpc) is 2.56. The molecule has 0 saturated heterocycles. The number of benzene rings is 1. The number of anilines is 1. The SMILES string of the molecule is C[C@@H](OC(=O)c1cc[n+]([O-])cc1)C(=O)Nc1cc(C(F)(F)F)ccc1Cl. The third-order valence-electron chi connectivity index (χ3n) is 3.24. The van der Waals surface area contributed by atoms with E-state index in [0.717, 1.165) is 24.5 Å². The fourth-order valence-corrected chi connectivity index (χ4v) is 2.03. The number of hydrogen-bond acceptors (Lipinski definition) is 4. The third kappa shape index (κ3) is 4.85. The highest BCUT2D eigenvalue weighted by Crippen LogP contribution is 2.33. The van der Waals surface area contributed by atoms with Crippen molar-refractivity contribution in [1.82, 2.24) is 0 Å². The van der Waals surface area contributed by atoms with Crippen molar-refractivity contribution < 1.29 is 32.2 Å². The van der Waals surface area contributed by atoms with Crippen LogP contribution in [0.15, 0.2) is 42.7 Å². The molecule has 1 aromatic carbocycles. The van der Waals surface area contributed by atoms with E-state index in [0.29, 0.717) is 10.8 Å². The lowest BCUT2D eigenvalue weighted by atomic mass is 10.2. The molecule has 1 amide bonds. The van der Waals surface area contributed by atoms with E-state index in [2.05, 4.69) is 5.32 Å². The molecular weight excluding hydrogens is 377 g/mol. The zero-order chi connectivity index (χ0) is 19.5. The van der Waals surface area contributed by atoms with Gasteiger partial charge in [-0.15, -0.1) is 0 Å². The van der Waals surface area contributed by atoms with Gasteiger partial charge in [-0.3, -0.25) is 4.79 Å². The summed E-state index contributed by atoms with van der Waals surface area (Å²) >= 11 is 5.79. The highest BCUT2D eigenvalue weighted by molar-refractivity contribution is 6.33. The number of pyridine rings is 1. The van der Waals surface area contributed by atoms with Gasteiger partial charge in [0.25, 0.3) is 5.91 Å². The van der Waals surface area contributed by atoms with Gasteiger partial charge in [-0.05, 0) is 25.1 Å². The second-order valence-corrected chi connectivity index (χ2v) is 5.58. The molecule has 1 heterocycles. The number of amides is 1. The fraction of sp³-hybridized carbons (Fsp3) is 0.188. The van der Waals surface area contributed by atoms with Crippen molar-refractivity contribution in [3.8, 4) is 0 Å². The Morgan fingerprint density at radius 2 is 1.85 bits per heavy atom. The van der Waals surface area contributed by atoms with Crippen molar-refractivity contribution in [2.45, 2.75) is 19.2 Å². The summed E-state index contributed by atoms with van der Waals surface area (Å²) < 4.78 is 43.6. The monoisotopic (exact) mass is 388 g/mol. The van der Waals surface area contributed by atoms with Gasteiger partial charge in [0.15, 0.2) is 18.5 Å². The summed E-state index contributed by atoms with van der Waals surface area (Å²) in [5.74, 6) is -1.74. The Morgan fingerprint density at radius 3 is 2.42 bits per heavy atom. The number of rotatable bonds is 4. The lowest BCUT2D eigenvalue weighted by molar-refractivity contribution is -0.605. The normalized spacial score (nSPS) is 12.3. The first-order valence-electron chi connectivity index (χ1n) is 7.15. The van der Waals surface area contributed by atoms with E-state index < -0.39 is 29.7 Å². The average molecular weight is 389 g/mol. The maximum absolute atomic E-state index is 12.7. The van der Waals surface area contributed by atoms with Crippen LogP contribution < -0.4 is 10.0 Å². The van der Waals surface area contributed by atoms with Crippen LogP contribution in [0.5, 0.6) is 0 Å². The van der Waals surface area contributed by atoms with Crippen LogP contribution >= 0.6 is 11.6 Å². The summed E-state index contributed by atoms with van der Waals surface area (Å²) in [5, 5.41) is 13.0. The molecule has 0 spiro atoms. The number of esters is 1. The van der Waals surface area contributed by atoms with Crippen molar-refractivity contribution in [2.75, 3.05) is 5.32 Å². The summed E-state index contributed by atoms with van der Waals surface area (Å²) in [4.78, 5) is 24.0. The first kappa shape index (κ1) is 19.5. The van der Waals surface area contributed by atoms with Crippen LogP contribution in [0.2, 0.25) is 5.02 Å². The van der Waals surface area contributed by atoms with Gasteiger partial charge in [0.1, 0.15) is 0 Å².